The molecule has 4 heterocycles. The van der Waals surface area contributed by atoms with Crippen molar-refractivity contribution < 1.29 is 5.11 Å². The van der Waals surface area contributed by atoms with Crippen LogP contribution in [0.3, 0.4) is 0 Å². The quantitative estimate of drug-likeness (QED) is 0.720. The Balaban J connectivity index is 1.52. The predicted octanol–water partition coefficient (Wildman–Crippen LogP) is 2.26. The summed E-state index contributed by atoms with van der Waals surface area (Å²) in [5.74, 6) is 1.88. The van der Waals surface area contributed by atoms with E-state index in [9.17, 15) is 9.90 Å². The summed E-state index contributed by atoms with van der Waals surface area (Å²) < 4.78 is 4.04. The van der Waals surface area contributed by atoms with Gasteiger partial charge < -0.3 is 9.67 Å². The molecule has 2 aliphatic rings. The zero-order valence-electron chi connectivity index (χ0n) is 16.6. The highest BCUT2D eigenvalue weighted by Gasteiger charge is 2.31. The topological polar surface area (TPSA) is 76.2 Å². The maximum atomic E-state index is 13.1. The summed E-state index contributed by atoms with van der Waals surface area (Å²) in [6, 6.07) is 7.55. The summed E-state index contributed by atoms with van der Waals surface area (Å²) in [7, 11) is 0. The van der Waals surface area contributed by atoms with Crippen LogP contribution in [-0.2, 0) is 26.1 Å². The van der Waals surface area contributed by atoms with E-state index in [2.05, 4.69) is 9.47 Å². The zero-order chi connectivity index (χ0) is 19.8. The Morgan fingerprint density at radius 3 is 2.93 bits per heavy atom. The molecule has 152 valence electrons. The van der Waals surface area contributed by atoms with Crippen LogP contribution in [0.15, 0.2) is 35.3 Å². The standard InChI is InChI=1S/C22H27N5O2/c28-13-12-27-21(24-18-8-2-1-7-17(18)22(27)29)19-9-5-10-25(19)15-20-23-14-16-6-3-4-11-26(16)20/h1-2,7-8,14,19,28H,3-6,9-13,15H2. The Labute approximate surface area is 169 Å². The van der Waals surface area contributed by atoms with E-state index < -0.39 is 0 Å². The van der Waals surface area contributed by atoms with Gasteiger partial charge in [-0.15, -0.1) is 0 Å². The maximum absolute atomic E-state index is 13.1. The first-order valence-corrected chi connectivity index (χ1v) is 10.6. The lowest BCUT2D eigenvalue weighted by Gasteiger charge is -2.27. The minimum atomic E-state index is -0.0760. The summed E-state index contributed by atoms with van der Waals surface area (Å²) in [5.41, 5.74) is 2.00. The number of benzene rings is 1. The molecule has 7 heteroatoms. The second-order valence-corrected chi connectivity index (χ2v) is 8.07. The highest BCUT2D eigenvalue weighted by Crippen LogP contribution is 2.32. The number of aromatic nitrogens is 4. The second kappa shape index (κ2) is 7.72. The number of aliphatic hydroxyl groups is 1. The van der Waals surface area contributed by atoms with Gasteiger partial charge in [-0.25, -0.2) is 9.97 Å². The van der Waals surface area contributed by atoms with Crippen LogP contribution in [0, 0.1) is 0 Å². The molecular formula is C22H27N5O2. The first-order chi connectivity index (χ1) is 14.3. The summed E-state index contributed by atoms with van der Waals surface area (Å²) in [6.07, 6.45) is 7.62. The zero-order valence-corrected chi connectivity index (χ0v) is 16.6. The molecule has 3 aromatic rings. The molecule has 1 saturated heterocycles. The van der Waals surface area contributed by atoms with Crippen LogP contribution in [0.25, 0.3) is 10.9 Å². The smallest absolute Gasteiger partial charge is 0.261 e. The van der Waals surface area contributed by atoms with Crippen molar-refractivity contribution in [2.75, 3.05) is 13.2 Å². The molecule has 0 aliphatic carbocycles. The SMILES string of the molecule is O=c1c2ccccc2nc(C2CCCN2Cc2ncc3n2CCCC3)n1CCO. The number of fused-ring (bicyclic) bond motifs is 2. The lowest BCUT2D eigenvalue weighted by atomic mass is 10.1. The van der Waals surface area contributed by atoms with Crippen molar-refractivity contribution in [1.82, 2.24) is 24.0 Å². The third-order valence-electron chi connectivity index (χ3n) is 6.31. The van der Waals surface area contributed by atoms with E-state index in [0.29, 0.717) is 5.39 Å². The molecule has 2 aliphatic heterocycles. The van der Waals surface area contributed by atoms with Gasteiger partial charge in [-0.2, -0.15) is 0 Å². The minimum absolute atomic E-state index is 0.0651. The van der Waals surface area contributed by atoms with Crippen LogP contribution >= 0.6 is 0 Å². The summed E-state index contributed by atoms with van der Waals surface area (Å²) in [6.45, 7) is 2.98. The van der Waals surface area contributed by atoms with Gasteiger partial charge in [-0.3, -0.25) is 14.3 Å². The van der Waals surface area contributed by atoms with Crippen LogP contribution in [0.1, 0.15) is 49.1 Å². The number of aliphatic hydroxyl groups excluding tert-OH is 1. The molecule has 1 aromatic carbocycles. The Morgan fingerprint density at radius 1 is 1.14 bits per heavy atom. The molecule has 0 bridgehead atoms. The van der Waals surface area contributed by atoms with E-state index >= 15 is 0 Å². The van der Waals surface area contributed by atoms with Crippen molar-refractivity contribution in [1.29, 1.82) is 0 Å². The fourth-order valence-electron chi connectivity index (χ4n) is 4.87. The van der Waals surface area contributed by atoms with Gasteiger partial charge in [0.25, 0.3) is 5.56 Å². The number of likely N-dealkylation sites (tertiary alicyclic amines) is 1. The second-order valence-electron chi connectivity index (χ2n) is 8.07. The number of imidazole rings is 1. The van der Waals surface area contributed by atoms with Crippen LogP contribution in [-0.4, -0.2) is 42.3 Å². The third kappa shape index (κ3) is 3.28. The first kappa shape index (κ1) is 18.5. The fourth-order valence-corrected chi connectivity index (χ4v) is 4.87. The molecule has 7 nitrogen and oxygen atoms in total. The predicted molar refractivity (Wildman–Crippen MR) is 111 cm³/mol. The van der Waals surface area contributed by atoms with Gasteiger partial charge in [0.05, 0.1) is 36.6 Å². The van der Waals surface area contributed by atoms with Crippen molar-refractivity contribution in [2.45, 2.75) is 57.8 Å². The van der Waals surface area contributed by atoms with Gasteiger partial charge in [0.15, 0.2) is 0 Å². The average Bonchev–Trinajstić information content (AvgIpc) is 3.38. The highest BCUT2D eigenvalue weighted by atomic mass is 16.3. The largest absolute Gasteiger partial charge is 0.395 e. The maximum Gasteiger partial charge on any atom is 0.261 e. The number of nitrogens with zero attached hydrogens (tertiary/aromatic N) is 5. The van der Waals surface area contributed by atoms with Gasteiger partial charge in [-0.05, 0) is 50.8 Å². The van der Waals surface area contributed by atoms with Gasteiger partial charge in [-0.1, -0.05) is 12.1 Å². The van der Waals surface area contributed by atoms with Gasteiger partial charge in [0, 0.05) is 18.4 Å². The van der Waals surface area contributed by atoms with Crippen LogP contribution in [0.2, 0.25) is 0 Å². The molecule has 1 atom stereocenters. The number of hydrogen-bond acceptors (Lipinski definition) is 5. The molecule has 0 spiro atoms. The van der Waals surface area contributed by atoms with Crippen LogP contribution < -0.4 is 5.56 Å². The van der Waals surface area contributed by atoms with Crippen molar-refractivity contribution in [3.05, 3.63) is 58.2 Å². The Kier molecular flexibility index (Phi) is 4.93. The molecule has 0 amide bonds. The van der Waals surface area contributed by atoms with E-state index in [1.165, 1.54) is 18.5 Å². The van der Waals surface area contributed by atoms with E-state index in [1.54, 1.807) is 4.57 Å². The molecular weight excluding hydrogens is 366 g/mol. The monoisotopic (exact) mass is 393 g/mol. The Morgan fingerprint density at radius 2 is 2.03 bits per heavy atom. The van der Waals surface area contributed by atoms with Gasteiger partial charge >= 0.3 is 0 Å². The van der Waals surface area contributed by atoms with Crippen molar-refractivity contribution >= 4 is 10.9 Å². The fraction of sp³-hybridized carbons (Fsp3) is 0.500. The molecule has 5 rings (SSSR count). The van der Waals surface area contributed by atoms with Crippen molar-refractivity contribution in [2.24, 2.45) is 0 Å². The third-order valence-corrected chi connectivity index (χ3v) is 6.31. The van der Waals surface area contributed by atoms with E-state index in [1.807, 2.05) is 30.5 Å². The molecule has 1 N–H and O–H groups in total. The molecule has 0 saturated carbocycles. The first-order valence-electron chi connectivity index (χ1n) is 10.6. The van der Waals surface area contributed by atoms with Crippen molar-refractivity contribution in [3.8, 4) is 0 Å². The van der Waals surface area contributed by atoms with E-state index in [4.69, 9.17) is 9.97 Å². The summed E-state index contributed by atoms with van der Waals surface area (Å²) >= 11 is 0. The molecule has 29 heavy (non-hydrogen) atoms. The van der Waals surface area contributed by atoms with Crippen LogP contribution in [0.5, 0.6) is 0 Å². The summed E-state index contributed by atoms with van der Waals surface area (Å²) in [5, 5.41) is 10.2. The van der Waals surface area contributed by atoms with E-state index in [0.717, 1.165) is 56.1 Å². The van der Waals surface area contributed by atoms with Crippen LogP contribution in [0.4, 0.5) is 0 Å². The summed E-state index contributed by atoms with van der Waals surface area (Å²) in [4.78, 5) is 25.1. The highest BCUT2D eigenvalue weighted by molar-refractivity contribution is 5.77. The van der Waals surface area contributed by atoms with Crippen molar-refractivity contribution in [3.63, 3.8) is 0 Å². The van der Waals surface area contributed by atoms with Gasteiger partial charge in [0.2, 0.25) is 0 Å². The molecule has 0 radical (unpaired) electrons. The lowest BCUT2D eigenvalue weighted by Crippen LogP contribution is -2.33. The number of hydrogen-bond donors (Lipinski definition) is 1. The normalized spacial score (nSPS) is 19.7. The molecule has 2 aromatic heterocycles. The van der Waals surface area contributed by atoms with E-state index in [-0.39, 0.29) is 24.8 Å². The Hall–Kier alpha value is -2.51. The number of rotatable bonds is 5. The molecule has 1 fully saturated rings. The molecule has 1 unspecified atom stereocenters. The minimum Gasteiger partial charge on any atom is -0.395 e. The number of para-hydroxylation sites is 1. The number of aryl methyl sites for hydroxylation is 1. The van der Waals surface area contributed by atoms with Gasteiger partial charge in [0.1, 0.15) is 11.6 Å². The Bertz CT molecular complexity index is 1090. The lowest BCUT2D eigenvalue weighted by molar-refractivity contribution is 0.215. The average molecular weight is 393 g/mol.